The van der Waals surface area contributed by atoms with E-state index in [9.17, 15) is 0 Å². The largest absolute Gasteiger partial charge is 0.456 e. The minimum atomic E-state index is -0.196. The van der Waals surface area contributed by atoms with Crippen molar-refractivity contribution in [2.24, 2.45) is 0 Å². The third-order valence-electron chi connectivity index (χ3n) is 17.3. The van der Waals surface area contributed by atoms with Crippen LogP contribution in [0.5, 0.6) is 0 Å². The maximum Gasteiger partial charge on any atom is 0.159 e. The number of hydrogen-bond acceptors (Lipinski definition) is 3. The number of fused-ring (bicyclic) bond motifs is 15. The molecule has 1 aliphatic rings. The van der Waals surface area contributed by atoms with Crippen molar-refractivity contribution < 1.29 is 8.83 Å². The minimum absolute atomic E-state index is 0.196. The fraction of sp³-hybridized carbons (Fsp3) is 0.0400. The zero-order valence-corrected chi connectivity index (χ0v) is 44.0. The van der Waals surface area contributed by atoms with Gasteiger partial charge in [-0.05, 0) is 148 Å². The summed E-state index contributed by atoms with van der Waals surface area (Å²) in [5, 5.41) is 9.11. The zero-order valence-electron chi connectivity index (χ0n) is 44.0. The first kappa shape index (κ1) is 44.7. The fourth-order valence-electron chi connectivity index (χ4n) is 13.6. The summed E-state index contributed by atoms with van der Waals surface area (Å²) in [4.78, 5) is 2.44. The summed E-state index contributed by atoms with van der Waals surface area (Å²) < 4.78 is 18.6. The van der Waals surface area contributed by atoms with E-state index in [1.165, 1.54) is 66.0 Å². The van der Waals surface area contributed by atoms with Gasteiger partial charge in [0.1, 0.15) is 16.7 Å². The van der Waals surface area contributed by atoms with Crippen molar-refractivity contribution >= 4 is 105 Å². The molecule has 0 fully saturated rings. The Kier molecular flexibility index (Phi) is 9.41. The van der Waals surface area contributed by atoms with E-state index in [1.807, 2.05) is 6.07 Å². The number of hydrogen-bond donors (Lipinski definition) is 0. The maximum atomic E-state index is 6.90. The number of anilines is 3. The molecule has 17 rings (SSSR count). The highest BCUT2D eigenvalue weighted by atomic mass is 16.3. The molecule has 0 N–H and O–H groups in total. The van der Waals surface area contributed by atoms with Gasteiger partial charge in [0.25, 0.3) is 0 Å². The van der Waals surface area contributed by atoms with Gasteiger partial charge in [0.15, 0.2) is 5.58 Å². The van der Waals surface area contributed by atoms with E-state index in [0.717, 1.165) is 94.5 Å². The molecule has 1 aliphatic carbocycles. The molecule has 0 bridgehead atoms. The van der Waals surface area contributed by atoms with Crippen LogP contribution in [0.15, 0.2) is 270 Å². The predicted molar refractivity (Wildman–Crippen MR) is 333 cm³/mol. The Labute approximate surface area is 461 Å². The Morgan fingerprint density at radius 3 is 1.50 bits per heavy atom. The van der Waals surface area contributed by atoms with Gasteiger partial charge in [-0.3, -0.25) is 0 Å². The van der Waals surface area contributed by atoms with Crippen molar-refractivity contribution in [2.75, 3.05) is 4.90 Å². The molecule has 0 amide bonds. The molecular weight excluding hydrogens is 975 g/mol. The Bertz CT molecular complexity index is 5230. The smallest absolute Gasteiger partial charge is 0.159 e. The van der Waals surface area contributed by atoms with E-state index in [4.69, 9.17) is 8.83 Å². The highest BCUT2D eigenvalue weighted by molar-refractivity contribution is 6.19. The lowest BCUT2D eigenvalue weighted by Gasteiger charge is -2.29. The molecule has 0 saturated carbocycles. The summed E-state index contributed by atoms with van der Waals surface area (Å²) in [7, 11) is 0. The molecule has 12 aromatic carbocycles. The lowest BCUT2D eigenvalue weighted by Crippen LogP contribution is -2.16. The number of nitrogens with zero attached hydrogens (tertiary/aromatic N) is 3. The molecule has 0 atom stereocenters. The fourth-order valence-corrected chi connectivity index (χ4v) is 13.6. The number of rotatable bonds is 7. The monoisotopic (exact) mass is 1020 g/mol. The van der Waals surface area contributed by atoms with Gasteiger partial charge < -0.3 is 22.9 Å². The van der Waals surface area contributed by atoms with Gasteiger partial charge >= 0.3 is 0 Å². The Hall–Kier alpha value is -10.4. The molecule has 0 aliphatic heterocycles. The summed E-state index contributed by atoms with van der Waals surface area (Å²) in [5.41, 5.74) is 22.9. The van der Waals surface area contributed by atoms with Crippen LogP contribution in [0, 0.1) is 0 Å². The molecule has 4 heterocycles. The van der Waals surface area contributed by atoms with Crippen molar-refractivity contribution in [3.8, 4) is 44.8 Å². The quantitative estimate of drug-likeness (QED) is 0.160. The molecule has 16 aromatic rings. The summed E-state index contributed by atoms with van der Waals surface area (Å²) in [6.07, 6.45) is 0. The van der Waals surface area contributed by atoms with Gasteiger partial charge in [0, 0.05) is 60.1 Å². The highest BCUT2D eigenvalue weighted by Gasteiger charge is 2.38. The standard InChI is InChI=1S/C75H49N3O2/c1-75(2)60-26-12-9-24-55(60)72-61(75)27-16-29-66(72)78(68-31-15-25-54-53-23-11-14-32-69(53)80-74(54)68)67-30-17-33-71-73(67)59-45-49(37-41-70(59)79-71)48-36-40-65-58(44-48)57-43-47(35-39-64(57)77(65)51-20-7-4-8-21-51)46-34-38-63-56(42-46)52-22-10-13-28-62(52)76(63)50-18-5-3-6-19-50/h3-45H,1-2H3. The molecule has 4 aromatic heterocycles. The zero-order chi connectivity index (χ0) is 52.8. The molecule has 5 heteroatoms. The van der Waals surface area contributed by atoms with Crippen molar-refractivity contribution in [3.63, 3.8) is 0 Å². The van der Waals surface area contributed by atoms with E-state index in [0.29, 0.717) is 0 Å². The van der Waals surface area contributed by atoms with Crippen molar-refractivity contribution in [2.45, 2.75) is 19.3 Å². The van der Waals surface area contributed by atoms with Crippen molar-refractivity contribution in [1.29, 1.82) is 0 Å². The molecular formula is C75H49N3O2. The van der Waals surface area contributed by atoms with Gasteiger partial charge in [0.2, 0.25) is 0 Å². The minimum Gasteiger partial charge on any atom is -0.456 e. The number of furan rings is 2. The first-order valence-electron chi connectivity index (χ1n) is 27.6. The van der Waals surface area contributed by atoms with E-state index in [1.54, 1.807) is 0 Å². The molecule has 0 saturated heterocycles. The first-order chi connectivity index (χ1) is 39.4. The molecule has 80 heavy (non-hydrogen) atoms. The lowest BCUT2D eigenvalue weighted by atomic mass is 9.82. The van der Waals surface area contributed by atoms with Crippen LogP contribution in [0.25, 0.3) is 132 Å². The lowest BCUT2D eigenvalue weighted by molar-refractivity contribution is 0.660. The first-order valence-corrected chi connectivity index (χ1v) is 27.6. The van der Waals surface area contributed by atoms with Crippen LogP contribution >= 0.6 is 0 Å². The second-order valence-electron chi connectivity index (χ2n) is 22.0. The van der Waals surface area contributed by atoms with Crippen LogP contribution in [0.3, 0.4) is 0 Å². The summed E-state index contributed by atoms with van der Waals surface area (Å²) in [5.74, 6) is 0. The SMILES string of the molecule is CC1(C)c2ccccc2-c2c(N(c3cccc4c3oc3ccccc34)c3cccc4oc5ccc(-c6ccc7c(c6)c6cc(-c8ccc9c(c8)c8ccccc8n9-c8ccccc8)ccc6n7-c6ccccc6)cc5c34)cccc21. The van der Waals surface area contributed by atoms with E-state index in [-0.39, 0.29) is 5.41 Å². The van der Waals surface area contributed by atoms with Crippen LogP contribution in [-0.2, 0) is 5.41 Å². The Morgan fingerprint density at radius 2 is 0.800 bits per heavy atom. The van der Waals surface area contributed by atoms with Crippen LogP contribution in [0.1, 0.15) is 25.0 Å². The van der Waals surface area contributed by atoms with Gasteiger partial charge in [-0.15, -0.1) is 0 Å². The second kappa shape index (κ2) is 16.8. The summed E-state index contributed by atoms with van der Waals surface area (Å²) in [6, 6.07) is 94.9. The summed E-state index contributed by atoms with van der Waals surface area (Å²) in [6.45, 7) is 4.69. The summed E-state index contributed by atoms with van der Waals surface area (Å²) >= 11 is 0. The normalized spacial score (nSPS) is 13.0. The molecule has 0 unspecified atom stereocenters. The number of aromatic nitrogens is 2. The third kappa shape index (κ3) is 6.40. The average molecular weight is 1020 g/mol. The number of benzene rings is 12. The van der Waals surface area contributed by atoms with Crippen molar-refractivity contribution in [1.82, 2.24) is 9.13 Å². The third-order valence-corrected chi connectivity index (χ3v) is 17.3. The van der Waals surface area contributed by atoms with E-state index >= 15 is 0 Å². The molecule has 5 nitrogen and oxygen atoms in total. The molecule has 0 radical (unpaired) electrons. The molecule has 0 spiro atoms. The van der Waals surface area contributed by atoms with Crippen LogP contribution in [0.2, 0.25) is 0 Å². The Morgan fingerprint density at radius 1 is 0.325 bits per heavy atom. The van der Waals surface area contributed by atoms with Gasteiger partial charge in [-0.1, -0.05) is 166 Å². The topological polar surface area (TPSA) is 39.4 Å². The maximum absolute atomic E-state index is 6.90. The predicted octanol–water partition coefficient (Wildman–Crippen LogP) is 20.8. The van der Waals surface area contributed by atoms with Crippen LogP contribution in [0.4, 0.5) is 17.1 Å². The van der Waals surface area contributed by atoms with E-state index < -0.39 is 0 Å². The van der Waals surface area contributed by atoms with Gasteiger partial charge in [-0.2, -0.15) is 0 Å². The van der Waals surface area contributed by atoms with Crippen LogP contribution in [-0.4, -0.2) is 9.13 Å². The Balaban J connectivity index is 0.862. The number of para-hydroxylation sites is 5. The van der Waals surface area contributed by atoms with Gasteiger partial charge in [0.05, 0.1) is 44.5 Å². The van der Waals surface area contributed by atoms with Crippen LogP contribution < -0.4 is 4.90 Å². The van der Waals surface area contributed by atoms with Gasteiger partial charge in [-0.25, -0.2) is 0 Å². The second-order valence-corrected chi connectivity index (χ2v) is 22.0. The van der Waals surface area contributed by atoms with Crippen molar-refractivity contribution in [3.05, 3.63) is 272 Å². The highest BCUT2D eigenvalue weighted by Crippen LogP contribution is 2.56. The molecule has 376 valence electrons. The van der Waals surface area contributed by atoms with E-state index in [2.05, 4.69) is 283 Å². The average Bonchev–Trinajstić information content (AvgIpc) is 4.34.